The molecule has 0 spiro atoms. The summed E-state index contributed by atoms with van der Waals surface area (Å²) in [5.41, 5.74) is 1.68. The van der Waals surface area contributed by atoms with Gasteiger partial charge < -0.3 is 15.5 Å². The molecule has 1 atom stereocenters. The van der Waals surface area contributed by atoms with Gasteiger partial charge in [-0.15, -0.1) is 0 Å². The number of benzene rings is 1. The number of anilines is 1. The van der Waals surface area contributed by atoms with Crippen molar-refractivity contribution in [3.63, 3.8) is 0 Å². The van der Waals surface area contributed by atoms with Crippen LogP contribution in [0.4, 0.5) is 5.69 Å². The average Bonchev–Trinajstić information content (AvgIpc) is 2.86. The summed E-state index contributed by atoms with van der Waals surface area (Å²) >= 11 is 0. The minimum atomic E-state index is -0.385. The van der Waals surface area contributed by atoms with Gasteiger partial charge in [-0.3, -0.25) is 14.4 Å². The number of rotatable bonds is 6. The summed E-state index contributed by atoms with van der Waals surface area (Å²) in [6, 6.07) is 6.90. The first-order chi connectivity index (χ1) is 11.0. The van der Waals surface area contributed by atoms with Gasteiger partial charge >= 0.3 is 0 Å². The molecule has 0 saturated carbocycles. The topological polar surface area (TPSA) is 78.5 Å². The first-order valence-corrected chi connectivity index (χ1v) is 7.56. The maximum absolute atomic E-state index is 11.9. The van der Waals surface area contributed by atoms with Gasteiger partial charge in [0.25, 0.3) is 0 Å². The van der Waals surface area contributed by atoms with Crippen molar-refractivity contribution in [3.8, 4) is 0 Å². The Morgan fingerprint density at radius 2 is 2.04 bits per heavy atom. The molecule has 1 unspecified atom stereocenters. The number of nitrogens with one attached hydrogen (secondary N) is 2. The maximum atomic E-state index is 11.9. The lowest BCUT2D eigenvalue weighted by molar-refractivity contribution is -0.131. The molecule has 6 nitrogen and oxygen atoms in total. The highest BCUT2D eigenvalue weighted by atomic mass is 16.2. The van der Waals surface area contributed by atoms with E-state index < -0.39 is 0 Å². The van der Waals surface area contributed by atoms with Crippen LogP contribution in [-0.4, -0.2) is 42.3 Å². The molecular formula is C17H21N3O3. The molecule has 0 aromatic heterocycles. The molecule has 1 aromatic carbocycles. The van der Waals surface area contributed by atoms with Gasteiger partial charge in [-0.25, -0.2) is 0 Å². The van der Waals surface area contributed by atoms with Crippen LogP contribution < -0.4 is 10.6 Å². The Kier molecular flexibility index (Phi) is 5.51. The van der Waals surface area contributed by atoms with Crippen molar-refractivity contribution in [3.05, 3.63) is 42.5 Å². The molecule has 122 valence electrons. The zero-order valence-electron chi connectivity index (χ0n) is 13.2. The monoisotopic (exact) mass is 315 g/mol. The molecule has 6 heteroatoms. The number of hydrogen-bond donors (Lipinski definition) is 2. The third-order valence-electron chi connectivity index (χ3n) is 3.81. The fourth-order valence-electron chi connectivity index (χ4n) is 2.43. The summed E-state index contributed by atoms with van der Waals surface area (Å²) in [6.07, 6.45) is 2.78. The lowest BCUT2D eigenvalue weighted by Crippen LogP contribution is -2.40. The zero-order chi connectivity index (χ0) is 16.8. The van der Waals surface area contributed by atoms with Gasteiger partial charge in [-0.05, 0) is 36.6 Å². The summed E-state index contributed by atoms with van der Waals surface area (Å²) in [5, 5.41) is 5.44. The van der Waals surface area contributed by atoms with E-state index in [0.29, 0.717) is 31.5 Å². The molecule has 0 aliphatic carbocycles. The fourth-order valence-corrected chi connectivity index (χ4v) is 2.43. The van der Waals surface area contributed by atoms with Gasteiger partial charge in [0.15, 0.2) is 0 Å². The molecule has 0 radical (unpaired) electrons. The van der Waals surface area contributed by atoms with E-state index in [1.807, 2.05) is 12.1 Å². The molecule has 1 fully saturated rings. The average molecular weight is 315 g/mol. The van der Waals surface area contributed by atoms with Gasteiger partial charge in [0.05, 0.1) is 0 Å². The van der Waals surface area contributed by atoms with Crippen LogP contribution in [0, 0.1) is 0 Å². The van der Waals surface area contributed by atoms with Crippen LogP contribution in [0.2, 0.25) is 0 Å². The molecule has 1 heterocycles. The van der Waals surface area contributed by atoms with Crippen LogP contribution in [-0.2, 0) is 20.8 Å². The van der Waals surface area contributed by atoms with E-state index in [0.717, 1.165) is 5.56 Å². The van der Waals surface area contributed by atoms with Crippen molar-refractivity contribution in [2.75, 3.05) is 18.9 Å². The lowest BCUT2D eigenvalue weighted by Gasteiger charge is -2.12. The SMILES string of the molecule is C=CC(=O)Nc1ccc(CCC(=O)NC2CCN(C)C2=O)cc1. The molecule has 1 aromatic rings. The fraction of sp³-hybridized carbons (Fsp3) is 0.353. The van der Waals surface area contributed by atoms with E-state index >= 15 is 0 Å². The first kappa shape index (κ1) is 16.7. The Balaban J connectivity index is 1.79. The van der Waals surface area contributed by atoms with Crippen molar-refractivity contribution in [2.45, 2.75) is 25.3 Å². The van der Waals surface area contributed by atoms with Crippen LogP contribution in [0.1, 0.15) is 18.4 Å². The van der Waals surface area contributed by atoms with Crippen molar-refractivity contribution >= 4 is 23.4 Å². The number of nitrogens with zero attached hydrogens (tertiary/aromatic N) is 1. The van der Waals surface area contributed by atoms with Crippen molar-refractivity contribution in [1.29, 1.82) is 0 Å². The Hall–Kier alpha value is -2.63. The number of likely N-dealkylation sites (N-methyl/N-ethyl adjacent to an activating group) is 1. The molecule has 23 heavy (non-hydrogen) atoms. The van der Waals surface area contributed by atoms with Crippen LogP contribution in [0.3, 0.4) is 0 Å². The minimum absolute atomic E-state index is 0.0272. The Morgan fingerprint density at radius 3 is 2.61 bits per heavy atom. The van der Waals surface area contributed by atoms with Gasteiger partial charge in [0, 0.05) is 25.7 Å². The zero-order valence-corrected chi connectivity index (χ0v) is 13.2. The minimum Gasteiger partial charge on any atom is -0.344 e. The largest absolute Gasteiger partial charge is 0.344 e. The Morgan fingerprint density at radius 1 is 1.35 bits per heavy atom. The Bertz CT molecular complexity index is 610. The van der Waals surface area contributed by atoms with E-state index in [9.17, 15) is 14.4 Å². The van der Waals surface area contributed by atoms with Crippen molar-refractivity contribution in [1.82, 2.24) is 10.2 Å². The van der Waals surface area contributed by atoms with Crippen LogP contribution in [0.25, 0.3) is 0 Å². The number of likely N-dealkylation sites (tertiary alicyclic amines) is 1. The molecule has 3 amide bonds. The summed E-state index contributed by atoms with van der Waals surface area (Å²) in [5.74, 6) is -0.410. The third kappa shape index (κ3) is 4.67. The summed E-state index contributed by atoms with van der Waals surface area (Å²) in [7, 11) is 1.74. The van der Waals surface area contributed by atoms with E-state index in [1.165, 1.54) is 6.08 Å². The molecule has 2 N–H and O–H groups in total. The summed E-state index contributed by atoms with van der Waals surface area (Å²) in [6.45, 7) is 4.07. The van der Waals surface area contributed by atoms with Gasteiger partial charge in [0.1, 0.15) is 6.04 Å². The van der Waals surface area contributed by atoms with Crippen LogP contribution in [0.5, 0.6) is 0 Å². The second kappa shape index (κ2) is 7.58. The first-order valence-electron chi connectivity index (χ1n) is 7.56. The molecular weight excluding hydrogens is 294 g/mol. The molecule has 1 saturated heterocycles. The number of carbonyl (C=O) groups excluding carboxylic acids is 3. The quantitative estimate of drug-likeness (QED) is 0.771. The maximum Gasteiger partial charge on any atom is 0.247 e. The molecule has 2 rings (SSSR count). The standard InChI is InChI=1S/C17H21N3O3/c1-3-15(21)18-13-7-4-12(5-8-13)6-9-16(22)19-14-10-11-20(2)17(14)23/h3-5,7-8,14H,1,6,9-11H2,2H3,(H,18,21)(H,19,22). The smallest absolute Gasteiger partial charge is 0.247 e. The van der Waals surface area contributed by atoms with E-state index in [4.69, 9.17) is 0 Å². The molecule has 0 bridgehead atoms. The number of carbonyl (C=O) groups is 3. The predicted octanol–water partition coefficient (Wildman–Crippen LogP) is 1.09. The second-order valence-electron chi connectivity index (χ2n) is 5.56. The van der Waals surface area contributed by atoms with E-state index in [2.05, 4.69) is 17.2 Å². The van der Waals surface area contributed by atoms with E-state index in [-0.39, 0.29) is 23.8 Å². The van der Waals surface area contributed by atoms with Crippen LogP contribution >= 0.6 is 0 Å². The highest BCUT2D eigenvalue weighted by Crippen LogP contribution is 2.12. The number of aryl methyl sites for hydroxylation is 1. The third-order valence-corrected chi connectivity index (χ3v) is 3.81. The van der Waals surface area contributed by atoms with Gasteiger partial charge in [0.2, 0.25) is 17.7 Å². The van der Waals surface area contributed by atoms with Gasteiger partial charge in [-0.1, -0.05) is 18.7 Å². The van der Waals surface area contributed by atoms with E-state index in [1.54, 1.807) is 24.1 Å². The highest BCUT2D eigenvalue weighted by Gasteiger charge is 2.29. The molecule has 1 aliphatic rings. The normalized spacial score (nSPS) is 17.0. The molecule has 1 aliphatic heterocycles. The Labute approximate surface area is 135 Å². The van der Waals surface area contributed by atoms with Crippen molar-refractivity contribution in [2.24, 2.45) is 0 Å². The lowest BCUT2D eigenvalue weighted by atomic mass is 10.1. The number of amides is 3. The van der Waals surface area contributed by atoms with Gasteiger partial charge in [-0.2, -0.15) is 0 Å². The highest BCUT2D eigenvalue weighted by molar-refractivity contribution is 5.98. The number of hydrogen-bond acceptors (Lipinski definition) is 3. The predicted molar refractivity (Wildman–Crippen MR) is 87.8 cm³/mol. The summed E-state index contributed by atoms with van der Waals surface area (Å²) < 4.78 is 0. The second-order valence-corrected chi connectivity index (χ2v) is 5.56. The van der Waals surface area contributed by atoms with Crippen molar-refractivity contribution < 1.29 is 14.4 Å². The summed E-state index contributed by atoms with van der Waals surface area (Å²) in [4.78, 5) is 36.5. The van der Waals surface area contributed by atoms with Crippen LogP contribution in [0.15, 0.2) is 36.9 Å².